The van der Waals surface area contributed by atoms with E-state index in [1.165, 1.54) is 24.3 Å². The first-order valence-corrected chi connectivity index (χ1v) is 10.1. The van der Waals surface area contributed by atoms with Crippen LogP contribution in [-0.4, -0.2) is 30.3 Å². The second kappa shape index (κ2) is 8.08. The first-order valence-electron chi connectivity index (χ1n) is 7.72. The van der Waals surface area contributed by atoms with Gasteiger partial charge in [-0.25, -0.2) is 8.42 Å². The zero-order valence-electron chi connectivity index (χ0n) is 13.7. The lowest BCUT2D eigenvalue weighted by atomic mass is 10.2. The van der Waals surface area contributed by atoms with Gasteiger partial charge in [-0.2, -0.15) is 0 Å². The minimum atomic E-state index is -3.61. The number of hydrogen-bond donors (Lipinski definition) is 1. The summed E-state index contributed by atoms with van der Waals surface area (Å²) in [6.07, 6.45) is -0.269. The van der Waals surface area contributed by atoms with Gasteiger partial charge in [0.2, 0.25) is 5.91 Å². The lowest BCUT2D eigenvalue weighted by Crippen LogP contribution is -2.17. The molecule has 1 amide bonds. The molecule has 3 aromatic rings. The van der Waals surface area contributed by atoms with Crippen molar-refractivity contribution in [2.45, 2.75) is 11.3 Å². The summed E-state index contributed by atoms with van der Waals surface area (Å²) >= 11 is 11.8. The van der Waals surface area contributed by atoms with Crippen LogP contribution in [0, 0.1) is 0 Å². The third-order valence-corrected chi connectivity index (χ3v) is 5.86. The van der Waals surface area contributed by atoms with Crippen molar-refractivity contribution in [1.82, 2.24) is 10.2 Å². The molecule has 7 nitrogen and oxygen atoms in total. The van der Waals surface area contributed by atoms with Crippen molar-refractivity contribution in [3.05, 3.63) is 58.6 Å². The average Bonchev–Trinajstić information content (AvgIpc) is 3.09. The van der Waals surface area contributed by atoms with Crippen LogP contribution < -0.4 is 5.32 Å². The largest absolute Gasteiger partial charge is 0.403 e. The third kappa shape index (κ3) is 4.85. The fraction of sp³-hybridized carbons (Fsp3) is 0.118. The zero-order chi connectivity index (χ0) is 19.4. The number of anilines is 1. The predicted molar refractivity (Wildman–Crippen MR) is 101 cm³/mol. The lowest BCUT2D eigenvalue weighted by Gasteiger charge is -2.04. The number of benzene rings is 2. The van der Waals surface area contributed by atoms with Gasteiger partial charge >= 0.3 is 6.01 Å². The maximum absolute atomic E-state index is 12.2. The van der Waals surface area contributed by atoms with Crippen LogP contribution in [0.25, 0.3) is 11.5 Å². The number of amides is 1. The van der Waals surface area contributed by atoms with Gasteiger partial charge in [-0.15, -0.1) is 5.10 Å². The molecule has 1 heterocycles. The summed E-state index contributed by atoms with van der Waals surface area (Å²) in [6.45, 7) is 0. The smallest absolute Gasteiger partial charge is 0.322 e. The Morgan fingerprint density at radius 2 is 1.74 bits per heavy atom. The van der Waals surface area contributed by atoms with Gasteiger partial charge in [0.25, 0.3) is 5.89 Å². The molecule has 1 aromatic heterocycles. The van der Waals surface area contributed by atoms with Gasteiger partial charge in [0.1, 0.15) is 0 Å². The van der Waals surface area contributed by atoms with Crippen LogP contribution in [0.1, 0.15) is 6.42 Å². The number of rotatable bonds is 6. The molecule has 0 aliphatic carbocycles. The maximum atomic E-state index is 12.2. The first kappa shape index (κ1) is 19.3. The van der Waals surface area contributed by atoms with Gasteiger partial charge in [-0.1, -0.05) is 40.4 Å². The molecule has 2 aromatic carbocycles. The Morgan fingerprint density at radius 3 is 2.44 bits per heavy atom. The number of sulfone groups is 1. The Bertz CT molecular complexity index is 1070. The minimum Gasteiger partial charge on any atom is -0.403 e. The molecule has 140 valence electrons. The van der Waals surface area contributed by atoms with Gasteiger partial charge in [-0.3, -0.25) is 10.1 Å². The number of nitrogens with zero attached hydrogens (tertiary/aromatic N) is 2. The van der Waals surface area contributed by atoms with E-state index in [-0.39, 0.29) is 29.0 Å². The number of nitrogens with one attached hydrogen (secondary N) is 1. The molecule has 0 spiro atoms. The van der Waals surface area contributed by atoms with Crippen molar-refractivity contribution in [3.63, 3.8) is 0 Å². The first-order chi connectivity index (χ1) is 12.8. The highest BCUT2D eigenvalue weighted by atomic mass is 35.5. The van der Waals surface area contributed by atoms with E-state index in [4.69, 9.17) is 27.6 Å². The fourth-order valence-corrected chi connectivity index (χ4v) is 3.77. The summed E-state index contributed by atoms with van der Waals surface area (Å²) in [5.41, 5.74) is 0.525. The number of aromatic nitrogens is 2. The number of hydrogen-bond acceptors (Lipinski definition) is 6. The molecule has 0 bridgehead atoms. The molecule has 27 heavy (non-hydrogen) atoms. The van der Waals surface area contributed by atoms with Crippen LogP contribution in [0.4, 0.5) is 6.01 Å². The van der Waals surface area contributed by atoms with Gasteiger partial charge in [0.05, 0.1) is 21.2 Å². The molecule has 0 atom stereocenters. The van der Waals surface area contributed by atoms with Crippen LogP contribution in [-0.2, 0) is 14.6 Å². The highest BCUT2D eigenvalue weighted by molar-refractivity contribution is 7.91. The van der Waals surface area contributed by atoms with E-state index in [1.807, 2.05) is 0 Å². The van der Waals surface area contributed by atoms with E-state index in [0.717, 1.165) is 0 Å². The molecule has 0 unspecified atom stereocenters. The van der Waals surface area contributed by atoms with Crippen molar-refractivity contribution in [2.24, 2.45) is 0 Å². The van der Waals surface area contributed by atoms with Gasteiger partial charge < -0.3 is 4.42 Å². The molecule has 0 aliphatic rings. The molecule has 0 saturated carbocycles. The van der Waals surface area contributed by atoms with Crippen LogP contribution in [0.3, 0.4) is 0 Å². The Balaban J connectivity index is 1.62. The topological polar surface area (TPSA) is 102 Å². The van der Waals surface area contributed by atoms with Crippen molar-refractivity contribution in [1.29, 1.82) is 0 Å². The summed E-state index contributed by atoms with van der Waals surface area (Å²) in [5, 5.41) is 10.8. The molecule has 10 heteroatoms. The quantitative estimate of drug-likeness (QED) is 0.643. The second-order valence-corrected chi connectivity index (χ2v) is 8.42. The van der Waals surface area contributed by atoms with E-state index in [9.17, 15) is 13.2 Å². The fourth-order valence-electron chi connectivity index (χ4n) is 2.19. The maximum Gasteiger partial charge on any atom is 0.322 e. The number of halogens is 2. The molecular weight excluding hydrogens is 413 g/mol. The van der Waals surface area contributed by atoms with E-state index in [2.05, 4.69) is 15.5 Å². The molecule has 0 saturated heterocycles. The number of carbonyl (C=O) groups is 1. The highest BCUT2D eigenvalue weighted by Gasteiger charge is 2.18. The third-order valence-electron chi connectivity index (χ3n) is 3.55. The molecule has 0 aliphatic heterocycles. The summed E-state index contributed by atoms with van der Waals surface area (Å²) < 4.78 is 29.8. The van der Waals surface area contributed by atoms with Gasteiger partial charge in [0.15, 0.2) is 9.84 Å². The Hall–Kier alpha value is -2.42. The van der Waals surface area contributed by atoms with Crippen molar-refractivity contribution < 1.29 is 17.6 Å². The number of carbonyl (C=O) groups excluding carboxylic acids is 1. The lowest BCUT2D eigenvalue weighted by molar-refractivity contribution is -0.115. The van der Waals surface area contributed by atoms with Crippen molar-refractivity contribution in [3.8, 4) is 11.5 Å². The van der Waals surface area contributed by atoms with E-state index in [1.54, 1.807) is 24.3 Å². The molecule has 0 fully saturated rings. The normalized spacial score (nSPS) is 11.3. The van der Waals surface area contributed by atoms with Crippen LogP contribution in [0.2, 0.25) is 10.0 Å². The highest BCUT2D eigenvalue weighted by Crippen LogP contribution is 2.27. The standard InChI is InChI=1S/C17H13Cl2N3O4S/c18-11-5-7-12(8-6-11)27(24,25)10-9-15(23)20-17-22-21-16(26-17)13-3-1-2-4-14(13)19/h1-8H,9-10H2,(H,20,22,23). The van der Waals surface area contributed by atoms with E-state index >= 15 is 0 Å². The molecular formula is C17H13Cl2N3O4S. The summed E-state index contributed by atoms with van der Waals surface area (Å²) in [7, 11) is -3.61. The SMILES string of the molecule is O=C(CCS(=O)(=O)c1ccc(Cl)cc1)Nc1nnc(-c2ccccc2Cl)o1. The van der Waals surface area contributed by atoms with Gasteiger partial charge in [0, 0.05) is 11.4 Å². The molecule has 0 radical (unpaired) electrons. The second-order valence-electron chi connectivity index (χ2n) is 5.46. The van der Waals surface area contributed by atoms with Gasteiger partial charge in [-0.05, 0) is 36.4 Å². The van der Waals surface area contributed by atoms with Crippen LogP contribution in [0.15, 0.2) is 57.8 Å². The molecule has 3 rings (SSSR count). The Kier molecular flexibility index (Phi) is 5.79. The van der Waals surface area contributed by atoms with Crippen molar-refractivity contribution >= 4 is 45.0 Å². The average molecular weight is 426 g/mol. The Labute approximate surface area is 165 Å². The van der Waals surface area contributed by atoms with E-state index in [0.29, 0.717) is 15.6 Å². The van der Waals surface area contributed by atoms with Crippen LogP contribution in [0.5, 0.6) is 0 Å². The summed E-state index contributed by atoms with van der Waals surface area (Å²) in [5.74, 6) is -0.794. The zero-order valence-corrected chi connectivity index (χ0v) is 16.1. The van der Waals surface area contributed by atoms with E-state index < -0.39 is 15.7 Å². The minimum absolute atomic E-state index is 0.0958. The molecule has 1 N–H and O–H groups in total. The van der Waals surface area contributed by atoms with Crippen molar-refractivity contribution in [2.75, 3.05) is 11.1 Å². The predicted octanol–water partition coefficient (Wildman–Crippen LogP) is 3.85. The monoisotopic (exact) mass is 425 g/mol. The Morgan fingerprint density at radius 1 is 1.04 bits per heavy atom. The summed E-state index contributed by atoms with van der Waals surface area (Å²) in [6, 6.07) is 12.5. The summed E-state index contributed by atoms with van der Waals surface area (Å²) in [4.78, 5) is 12.1. The van der Waals surface area contributed by atoms with Crippen LogP contribution >= 0.6 is 23.2 Å².